The first-order chi connectivity index (χ1) is 20.4. The zero-order chi connectivity index (χ0) is 31.6. The summed E-state index contributed by atoms with van der Waals surface area (Å²) in [6, 6.07) is 0. The van der Waals surface area contributed by atoms with E-state index in [1.54, 1.807) is 0 Å². The SMILES string of the molecule is C[C@@H]1C[C@H]2O[C@]3(C[C@@]4(C)C5[C@@H](O)CC6C(C)(C)[C@@H](OC7OCC(O)C(O)C7O)CC[C@@]67C[C@@]57CC[C@]4(C)C13)OC2C(C)(C)O. The Balaban J connectivity index is 1.10. The molecule has 9 nitrogen and oxygen atoms in total. The van der Waals surface area contributed by atoms with Gasteiger partial charge in [-0.25, -0.2) is 0 Å². The molecule has 5 saturated carbocycles. The fraction of sp³-hybridized carbons (Fsp3) is 1.00. The van der Waals surface area contributed by atoms with Gasteiger partial charge in [-0.05, 0) is 104 Å². The van der Waals surface area contributed by atoms with Gasteiger partial charge in [0.2, 0.25) is 0 Å². The third kappa shape index (κ3) is 3.53. The molecule has 0 aromatic heterocycles. The second-order valence-electron chi connectivity index (χ2n) is 18.4. The van der Waals surface area contributed by atoms with E-state index in [9.17, 15) is 25.5 Å². The molecule has 3 spiro atoms. The summed E-state index contributed by atoms with van der Waals surface area (Å²) >= 11 is 0. The largest absolute Gasteiger partial charge is 0.393 e. The number of hydrogen-bond acceptors (Lipinski definition) is 9. The summed E-state index contributed by atoms with van der Waals surface area (Å²) in [4.78, 5) is 0. The van der Waals surface area contributed by atoms with Gasteiger partial charge in [0, 0.05) is 12.3 Å². The Morgan fingerprint density at radius 2 is 1.52 bits per heavy atom. The van der Waals surface area contributed by atoms with Crippen molar-refractivity contribution in [2.45, 2.75) is 160 Å². The molecule has 2 bridgehead atoms. The second kappa shape index (κ2) is 9.00. The number of ether oxygens (including phenoxy) is 4. The smallest absolute Gasteiger partial charge is 0.186 e. The summed E-state index contributed by atoms with van der Waals surface area (Å²) in [6.07, 6.45) is 1.70. The van der Waals surface area contributed by atoms with Gasteiger partial charge in [0.15, 0.2) is 12.1 Å². The molecule has 5 aliphatic carbocycles. The van der Waals surface area contributed by atoms with E-state index >= 15 is 0 Å². The second-order valence-corrected chi connectivity index (χ2v) is 18.4. The Morgan fingerprint density at radius 3 is 2.23 bits per heavy atom. The monoisotopic (exact) mass is 620 g/mol. The van der Waals surface area contributed by atoms with Gasteiger partial charge in [-0.2, -0.15) is 0 Å². The Hall–Kier alpha value is -0.360. The summed E-state index contributed by atoms with van der Waals surface area (Å²) in [5.74, 6) is 0.319. The van der Waals surface area contributed by atoms with Crippen LogP contribution in [0, 0.1) is 50.7 Å². The molecule has 9 heteroatoms. The van der Waals surface area contributed by atoms with Gasteiger partial charge in [-0.15, -0.1) is 0 Å². The molecule has 8 unspecified atom stereocenters. The van der Waals surface area contributed by atoms with E-state index in [4.69, 9.17) is 18.9 Å². The van der Waals surface area contributed by atoms with Gasteiger partial charge >= 0.3 is 0 Å². The quantitative estimate of drug-likeness (QED) is 0.301. The van der Waals surface area contributed by atoms with Gasteiger partial charge in [0.05, 0.1) is 30.5 Å². The summed E-state index contributed by atoms with van der Waals surface area (Å²) in [7, 11) is 0. The minimum absolute atomic E-state index is 0.0465. The first-order valence-electron chi connectivity index (χ1n) is 17.4. The molecule has 44 heavy (non-hydrogen) atoms. The number of aliphatic hydroxyl groups excluding tert-OH is 4. The van der Waals surface area contributed by atoms with E-state index in [-0.39, 0.29) is 69.7 Å². The molecule has 8 aliphatic rings. The summed E-state index contributed by atoms with van der Waals surface area (Å²) in [6.45, 7) is 15.4. The number of hydrogen-bond donors (Lipinski definition) is 5. The predicted molar refractivity (Wildman–Crippen MR) is 159 cm³/mol. The summed E-state index contributed by atoms with van der Waals surface area (Å²) < 4.78 is 25.9. The van der Waals surface area contributed by atoms with E-state index in [1.165, 1.54) is 0 Å². The summed E-state index contributed by atoms with van der Waals surface area (Å²) in [5.41, 5.74) is -1.28. The average molecular weight is 621 g/mol. The maximum atomic E-state index is 12.4. The standard InChI is InChI=1S/C35H56O9/c1-17-12-20-27(30(4,5)40)44-35(43-20)15-32(7)26-18(36)13-21-29(2,3)22(42-28-24(39)23(38)19(37)14-41-28)8-9-33(21)16-34(26,33)11-10-31(32,6)25(17)35/h17-28,36-40H,8-16H2,1-7H3/t17-,18+,19?,20-,21?,22+,23?,24?,25?,26?,27?,28?,31-,32+,33-,34+,35-/m1/s1. The molecular formula is C35H56O9. The lowest BCUT2D eigenvalue weighted by Crippen LogP contribution is -2.63. The molecule has 3 saturated heterocycles. The van der Waals surface area contributed by atoms with Gasteiger partial charge in [-0.3, -0.25) is 0 Å². The van der Waals surface area contributed by atoms with Crippen LogP contribution in [-0.4, -0.2) is 92.5 Å². The molecule has 3 heterocycles. The van der Waals surface area contributed by atoms with Crippen molar-refractivity contribution in [3.8, 4) is 0 Å². The predicted octanol–water partition coefficient (Wildman–Crippen LogP) is 3.12. The Bertz CT molecular complexity index is 1200. The zero-order valence-corrected chi connectivity index (χ0v) is 27.7. The Labute approximate surface area is 262 Å². The highest BCUT2D eigenvalue weighted by molar-refractivity contribution is 5.34. The van der Waals surface area contributed by atoms with Crippen LogP contribution in [0.4, 0.5) is 0 Å². The molecule has 0 amide bonds. The van der Waals surface area contributed by atoms with E-state index in [2.05, 4.69) is 34.6 Å². The first-order valence-corrected chi connectivity index (χ1v) is 17.4. The minimum Gasteiger partial charge on any atom is -0.393 e. The van der Waals surface area contributed by atoms with Gasteiger partial charge in [0.1, 0.15) is 24.4 Å². The minimum atomic E-state index is -1.31. The van der Waals surface area contributed by atoms with E-state index in [1.807, 2.05) is 13.8 Å². The van der Waals surface area contributed by atoms with Crippen molar-refractivity contribution in [3.63, 3.8) is 0 Å². The normalized spacial score (nSPS) is 62.2. The van der Waals surface area contributed by atoms with Crippen LogP contribution < -0.4 is 0 Å². The lowest BCUT2D eigenvalue weighted by atomic mass is 9.41. The molecule has 0 aromatic rings. The molecule has 8 fully saturated rings. The number of aliphatic hydroxyl groups is 5. The first kappa shape index (κ1) is 30.9. The highest BCUT2D eigenvalue weighted by atomic mass is 16.8. The zero-order valence-electron chi connectivity index (χ0n) is 27.7. The van der Waals surface area contributed by atoms with Gasteiger partial charge in [0.25, 0.3) is 0 Å². The summed E-state index contributed by atoms with van der Waals surface area (Å²) in [5, 5.41) is 54.2. The fourth-order valence-corrected chi connectivity index (χ4v) is 14.0. The maximum Gasteiger partial charge on any atom is 0.186 e. The third-order valence-electron chi connectivity index (χ3n) is 15.7. The third-order valence-corrected chi connectivity index (χ3v) is 15.7. The molecular weight excluding hydrogens is 564 g/mol. The van der Waals surface area contributed by atoms with Crippen molar-refractivity contribution in [3.05, 3.63) is 0 Å². The van der Waals surface area contributed by atoms with Crippen molar-refractivity contribution in [2.75, 3.05) is 6.61 Å². The van der Waals surface area contributed by atoms with Crippen LogP contribution in [-0.2, 0) is 18.9 Å². The van der Waals surface area contributed by atoms with Crippen LogP contribution in [0.2, 0.25) is 0 Å². The molecule has 0 radical (unpaired) electrons. The molecule has 3 aliphatic heterocycles. The molecule has 250 valence electrons. The maximum absolute atomic E-state index is 12.4. The topological polar surface area (TPSA) is 138 Å². The number of rotatable bonds is 3. The Morgan fingerprint density at radius 1 is 0.795 bits per heavy atom. The van der Waals surface area contributed by atoms with Crippen molar-refractivity contribution >= 4 is 0 Å². The van der Waals surface area contributed by atoms with Crippen molar-refractivity contribution in [1.29, 1.82) is 0 Å². The molecule has 8 rings (SSSR count). The van der Waals surface area contributed by atoms with Crippen LogP contribution >= 0.6 is 0 Å². The van der Waals surface area contributed by atoms with Crippen LogP contribution in [0.5, 0.6) is 0 Å². The van der Waals surface area contributed by atoms with Crippen molar-refractivity contribution < 1.29 is 44.5 Å². The lowest BCUT2D eigenvalue weighted by molar-refractivity contribution is -0.304. The van der Waals surface area contributed by atoms with E-state index < -0.39 is 42.1 Å². The highest BCUT2D eigenvalue weighted by Gasteiger charge is 2.87. The van der Waals surface area contributed by atoms with E-state index in [0.717, 1.165) is 44.9 Å². The lowest BCUT2D eigenvalue weighted by Gasteiger charge is -2.64. The molecule has 0 aromatic carbocycles. The van der Waals surface area contributed by atoms with Gasteiger partial charge in [-0.1, -0.05) is 34.6 Å². The van der Waals surface area contributed by atoms with Crippen LogP contribution in [0.15, 0.2) is 0 Å². The molecule has 17 atom stereocenters. The van der Waals surface area contributed by atoms with Gasteiger partial charge < -0.3 is 44.5 Å². The van der Waals surface area contributed by atoms with Crippen molar-refractivity contribution in [1.82, 2.24) is 0 Å². The highest BCUT2D eigenvalue weighted by Crippen LogP contribution is 2.90. The van der Waals surface area contributed by atoms with Crippen molar-refractivity contribution in [2.24, 2.45) is 50.7 Å². The fourth-order valence-electron chi connectivity index (χ4n) is 14.0. The Kier molecular flexibility index (Phi) is 6.33. The average Bonchev–Trinajstić information content (AvgIpc) is 3.38. The van der Waals surface area contributed by atoms with Crippen LogP contribution in [0.3, 0.4) is 0 Å². The van der Waals surface area contributed by atoms with E-state index in [0.29, 0.717) is 12.3 Å². The molecule has 5 N–H and O–H groups in total. The van der Waals surface area contributed by atoms with Crippen LogP contribution in [0.25, 0.3) is 0 Å². The number of fused-ring (bicyclic) bond motifs is 4. The van der Waals surface area contributed by atoms with Crippen LogP contribution in [0.1, 0.15) is 99.8 Å².